The Bertz CT molecular complexity index is 217. The van der Waals surface area contributed by atoms with Gasteiger partial charge in [0.15, 0.2) is 0 Å². The molecular weight excluding hydrogens is 192 g/mol. The van der Waals surface area contributed by atoms with E-state index in [4.69, 9.17) is 0 Å². The van der Waals surface area contributed by atoms with Crippen molar-refractivity contribution in [3.63, 3.8) is 0 Å². The summed E-state index contributed by atoms with van der Waals surface area (Å²) in [6.45, 7) is 0. The molecule has 0 heteroatoms. The molecule has 6 atom stereocenters. The van der Waals surface area contributed by atoms with Gasteiger partial charge in [0.05, 0.1) is 0 Å². The van der Waals surface area contributed by atoms with E-state index in [9.17, 15) is 0 Å². The molecule has 1 radical (unpaired) electrons. The molecule has 4 aliphatic rings. The van der Waals surface area contributed by atoms with Crippen molar-refractivity contribution in [2.45, 2.75) is 57.8 Å². The maximum Gasteiger partial charge on any atom is -0.0321 e. The van der Waals surface area contributed by atoms with Crippen LogP contribution in [-0.2, 0) is 0 Å². The average Bonchev–Trinajstić information content (AvgIpc) is 2.36. The number of rotatable bonds is 0. The summed E-state index contributed by atoms with van der Waals surface area (Å²) in [5.74, 6) is 6.79. The second-order valence-electron chi connectivity index (χ2n) is 7.00. The molecule has 4 fully saturated rings. The van der Waals surface area contributed by atoms with Crippen molar-refractivity contribution >= 4 is 0 Å². The first-order chi connectivity index (χ1) is 7.93. The standard InChI is InChI=1S/C16H25/c1-3-11-7-9-13-5-2-6-14-10-8-12(4-1)15(11)16(13)14/h3,11-16H,1-2,4-10H2. The summed E-state index contributed by atoms with van der Waals surface area (Å²) < 4.78 is 0. The molecule has 0 aliphatic heterocycles. The van der Waals surface area contributed by atoms with Crippen LogP contribution in [0.2, 0.25) is 0 Å². The smallest absolute Gasteiger partial charge is 0.0321 e. The Hall–Kier alpha value is 0. The molecule has 16 heavy (non-hydrogen) atoms. The van der Waals surface area contributed by atoms with Crippen LogP contribution in [0.3, 0.4) is 0 Å². The molecule has 0 N–H and O–H groups in total. The van der Waals surface area contributed by atoms with Crippen molar-refractivity contribution in [1.82, 2.24) is 0 Å². The van der Waals surface area contributed by atoms with Gasteiger partial charge >= 0.3 is 0 Å². The lowest BCUT2D eigenvalue weighted by Crippen LogP contribution is -2.49. The molecule has 4 rings (SSSR count). The molecule has 4 aliphatic carbocycles. The first-order valence-corrected chi connectivity index (χ1v) is 7.77. The molecular formula is C16H25. The van der Waals surface area contributed by atoms with Gasteiger partial charge in [0.2, 0.25) is 0 Å². The van der Waals surface area contributed by atoms with E-state index in [0.717, 1.165) is 29.6 Å². The van der Waals surface area contributed by atoms with E-state index in [2.05, 4.69) is 6.42 Å². The molecule has 0 bridgehead atoms. The van der Waals surface area contributed by atoms with Gasteiger partial charge in [-0.15, -0.1) is 0 Å². The van der Waals surface area contributed by atoms with Gasteiger partial charge < -0.3 is 0 Å². The van der Waals surface area contributed by atoms with Gasteiger partial charge in [-0.25, -0.2) is 0 Å². The van der Waals surface area contributed by atoms with Crippen molar-refractivity contribution < 1.29 is 0 Å². The fourth-order valence-corrected chi connectivity index (χ4v) is 6.02. The SMILES string of the molecule is [CH]1CCC2CCC3CCCC4CCC1C2C43. The summed E-state index contributed by atoms with van der Waals surface area (Å²) in [6.07, 6.45) is 16.7. The third kappa shape index (κ3) is 1.34. The molecule has 0 aromatic rings. The van der Waals surface area contributed by atoms with Crippen LogP contribution in [0.4, 0.5) is 0 Å². The van der Waals surface area contributed by atoms with Gasteiger partial charge in [0, 0.05) is 0 Å². The molecule has 0 aromatic heterocycles. The van der Waals surface area contributed by atoms with Gasteiger partial charge in [0.25, 0.3) is 0 Å². The molecule has 0 spiro atoms. The minimum absolute atomic E-state index is 1.04. The fraction of sp³-hybridized carbons (Fsp3) is 0.938. The summed E-state index contributed by atoms with van der Waals surface area (Å²) in [6, 6.07) is 0. The summed E-state index contributed by atoms with van der Waals surface area (Å²) in [5, 5.41) is 0. The van der Waals surface area contributed by atoms with Gasteiger partial charge in [-0.3, -0.25) is 0 Å². The Morgan fingerprint density at radius 3 is 2.12 bits per heavy atom. The Morgan fingerprint density at radius 2 is 1.31 bits per heavy atom. The topological polar surface area (TPSA) is 0 Å². The van der Waals surface area contributed by atoms with Crippen LogP contribution in [0.15, 0.2) is 0 Å². The molecule has 6 unspecified atom stereocenters. The lowest BCUT2D eigenvalue weighted by atomic mass is 9.48. The highest BCUT2D eigenvalue weighted by Gasteiger charge is 2.50. The molecule has 89 valence electrons. The Labute approximate surface area is 100 Å². The highest BCUT2D eigenvalue weighted by Crippen LogP contribution is 2.59. The van der Waals surface area contributed by atoms with Crippen LogP contribution < -0.4 is 0 Å². The minimum Gasteiger partial charge on any atom is -0.0528 e. The summed E-state index contributed by atoms with van der Waals surface area (Å²) in [7, 11) is 0. The van der Waals surface area contributed by atoms with Crippen molar-refractivity contribution in [3.05, 3.63) is 6.42 Å². The Balaban J connectivity index is 1.67. The van der Waals surface area contributed by atoms with Crippen molar-refractivity contribution in [2.75, 3.05) is 0 Å². The van der Waals surface area contributed by atoms with E-state index in [1.807, 2.05) is 0 Å². The number of hydrogen-bond donors (Lipinski definition) is 0. The maximum absolute atomic E-state index is 2.72. The molecule has 0 amide bonds. The molecule has 0 aromatic carbocycles. The van der Waals surface area contributed by atoms with Crippen LogP contribution in [0, 0.1) is 41.9 Å². The quantitative estimate of drug-likeness (QED) is 0.562. The van der Waals surface area contributed by atoms with Crippen LogP contribution in [0.5, 0.6) is 0 Å². The predicted molar refractivity (Wildman–Crippen MR) is 66.8 cm³/mol. The first kappa shape index (κ1) is 9.97. The lowest BCUT2D eigenvalue weighted by Gasteiger charge is -2.57. The third-order valence-electron chi connectivity index (χ3n) is 6.51. The molecule has 0 heterocycles. The van der Waals surface area contributed by atoms with Crippen molar-refractivity contribution in [2.24, 2.45) is 35.5 Å². The van der Waals surface area contributed by atoms with Gasteiger partial charge in [0.1, 0.15) is 0 Å². The zero-order valence-electron chi connectivity index (χ0n) is 10.4. The summed E-state index contributed by atoms with van der Waals surface area (Å²) in [4.78, 5) is 0. The minimum atomic E-state index is 1.04. The molecule has 0 saturated heterocycles. The van der Waals surface area contributed by atoms with Crippen molar-refractivity contribution in [3.8, 4) is 0 Å². The van der Waals surface area contributed by atoms with Gasteiger partial charge in [-0.1, -0.05) is 19.3 Å². The van der Waals surface area contributed by atoms with E-state index in [0.29, 0.717) is 0 Å². The van der Waals surface area contributed by atoms with Crippen LogP contribution in [0.1, 0.15) is 57.8 Å². The third-order valence-corrected chi connectivity index (χ3v) is 6.51. The van der Waals surface area contributed by atoms with Crippen LogP contribution in [0.25, 0.3) is 0 Å². The summed E-state index contributed by atoms with van der Waals surface area (Å²) >= 11 is 0. The second-order valence-corrected chi connectivity index (χ2v) is 7.00. The van der Waals surface area contributed by atoms with E-state index >= 15 is 0 Å². The average molecular weight is 217 g/mol. The number of hydrogen-bond acceptors (Lipinski definition) is 0. The zero-order chi connectivity index (χ0) is 10.5. The maximum atomic E-state index is 2.72. The predicted octanol–water partition coefficient (Wildman–Crippen LogP) is 4.45. The highest BCUT2D eigenvalue weighted by atomic mass is 14.6. The van der Waals surface area contributed by atoms with Crippen molar-refractivity contribution in [1.29, 1.82) is 0 Å². The highest BCUT2D eigenvalue weighted by molar-refractivity contribution is 5.04. The van der Waals surface area contributed by atoms with Crippen LogP contribution >= 0.6 is 0 Å². The Kier molecular flexibility index (Phi) is 2.34. The first-order valence-electron chi connectivity index (χ1n) is 7.77. The molecule has 0 nitrogen and oxygen atoms in total. The van der Waals surface area contributed by atoms with E-state index < -0.39 is 0 Å². The van der Waals surface area contributed by atoms with E-state index in [1.165, 1.54) is 18.8 Å². The van der Waals surface area contributed by atoms with Gasteiger partial charge in [-0.05, 0) is 80.5 Å². The second kappa shape index (κ2) is 3.75. The summed E-state index contributed by atoms with van der Waals surface area (Å²) in [5.41, 5.74) is 0. The normalized spacial score (nSPS) is 55.5. The molecule has 4 saturated carbocycles. The largest absolute Gasteiger partial charge is 0.0528 e. The van der Waals surface area contributed by atoms with Gasteiger partial charge in [-0.2, -0.15) is 0 Å². The zero-order valence-corrected chi connectivity index (χ0v) is 10.4. The fourth-order valence-electron chi connectivity index (χ4n) is 6.02. The lowest BCUT2D eigenvalue weighted by molar-refractivity contribution is -0.0611. The van der Waals surface area contributed by atoms with E-state index in [1.54, 1.807) is 44.9 Å². The monoisotopic (exact) mass is 217 g/mol. The van der Waals surface area contributed by atoms with E-state index in [-0.39, 0.29) is 0 Å². The Morgan fingerprint density at radius 1 is 0.625 bits per heavy atom. The van der Waals surface area contributed by atoms with Crippen LogP contribution in [-0.4, -0.2) is 0 Å².